The number of aliphatic imine (C=N–C) groups is 1. The highest BCUT2D eigenvalue weighted by Crippen LogP contribution is 2.23. The molecule has 1 aromatic rings. The van der Waals surface area contributed by atoms with Crippen molar-refractivity contribution in [3.05, 3.63) is 29.8 Å². The number of likely N-dealkylation sites (N-methyl/N-ethyl adjacent to an activating group) is 1. The van der Waals surface area contributed by atoms with E-state index >= 15 is 0 Å². The van der Waals surface area contributed by atoms with Gasteiger partial charge in [-0.1, -0.05) is 23.9 Å². The smallest absolute Gasteiger partial charge is 0.156 e. The second-order valence-corrected chi connectivity index (χ2v) is 6.27. The molecule has 1 saturated heterocycles. The predicted molar refractivity (Wildman–Crippen MR) is 86.8 cm³/mol. The Morgan fingerprint density at radius 2 is 2.30 bits per heavy atom. The molecule has 0 bridgehead atoms. The van der Waals surface area contributed by atoms with Crippen LogP contribution < -0.4 is 10.1 Å². The molecule has 0 aromatic heterocycles. The van der Waals surface area contributed by atoms with Crippen LogP contribution in [-0.4, -0.2) is 49.6 Å². The van der Waals surface area contributed by atoms with Gasteiger partial charge in [-0.25, -0.2) is 0 Å². The zero-order chi connectivity index (χ0) is 14.5. The van der Waals surface area contributed by atoms with E-state index in [-0.39, 0.29) is 6.04 Å². The molecule has 0 spiro atoms. The molecule has 1 aliphatic heterocycles. The molecule has 1 fully saturated rings. The maximum atomic E-state index is 5.31. The zero-order valence-electron chi connectivity index (χ0n) is 12.6. The third-order valence-corrected chi connectivity index (χ3v) is 4.54. The number of thioether (sulfide) groups is 1. The van der Waals surface area contributed by atoms with E-state index in [1.807, 2.05) is 12.1 Å². The van der Waals surface area contributed by atoms with Gasteiger partial charge in [-0.2, -0.15) is 0 Å². The van der Waals surface area contributed by atoms with Crippen molar-refractivity contribution >= 4 is 16.9 Å². The highest BCUT2D eigenvalue weighted by molar-refractivity contribution is 8.14. The molecule has 20 heavy (non-hydrogen) atoms. The Kier molecular flexibility index (Phi) is 5.31. The third-order valence-electron chi connectivity index (χ3n) is 3.35. The van der Waals surface area contributed by atoms with Crippen LogP contribution in [0.1, 0.15) is 18.5 Å². The third kappa shape index (κ3) is 3.90. The van der Waals surface area contributed by atoms with Gasteiger partial charge in [-0.15, -0.1) is 0 Å². The minimum absolute atomic E-state index is 0.260. The van der Waals surface area contributed by atoms with E-state index in [2.05, 4.69) is 43.4 Å². The summed E-state index contributed by atoms with van der Waals surface area (Å²) in [7, 11) is 5.87. The Morgan fingerprint density at radius 1 is 1.50 bits per heavy atom. The number of rotatable bonds is 5. The van der Waals surface area contributed by atoms with Gasteiger partial charge in [0.1, 0.15) is 5.75 Å². The largest absolute Gasteiger partial charge is 0.497 e. The summed E-state index contributed by atoms with van der Waals surface area (Å²) in [5, 5.41) is 4.45. The standard InChI is InChI=1S/C15H23N3OS/c1-11-10-20-15(17-11)16-9-14(18(2)3)12-6-5-7-13(8-12)19-4/h5-8,11,14H,9-10H2,1-4H3,(H,16,17). The molecular weight excluding hydrogens is 270 g/mol. The van der Waals surface area contributed by atoms with Gasteiger partial charge >= 0.3 is 0 Å². The van der Waals surface area contributed by atoms with E-state index in [4.69, 9.17) is 9.73 Å². The highest BCUT2D eigenvalue weighted by atomic mass is 32.2. The lowest BCUT2D eigenvalue weighted by Gasteiger charge is -2.23. The number of hydrogen-bond donors (Lipinski definition) is 1. The van der Waals surface area contributed by atoms with Gasteiger partial charge in [0.15, 0.2) is 5.17 Å². The number of benzene rings is 1. The number of amidine groups is 1. The van der Waals surface area contributed by atoms with Gasteiger partial charge in [-0.05, 0) is 38.7 Å². The lowest BCUT2D eigenvalue weighted by atomic mass is 10.1. The Morgan fingerprint density at radius 3 is 2.90 bits per heavy atom. The van der Waals surface area contributed by atoms with E-state index in [0.717, 1.165) is 23.2 Å². The van der Waals surface area contributed by atoms with Crippen LogP contribution in [0, 0.1) is 0 Å². The van der Waals surface area contributed by atoms with Crippen LogP contribution in [0.25, 0.3) is 0 Å². The van der Waals surface area contributed by atoms with Crippen molar-refractivity contribution in [1.29, 1.82) is 0 Å². The molecule has 0 radical (unpaired) electrons. The van der Waals surface area contributed by atoms with Crippen LogP contribution >= 0.6 is 11.8 Å². The number of nitrogens with zero attached hydrogens (tertiary/aromatic N) is 2. The average molecular weight is 293 g/mol. The molecule has 0 amide bonds. The highest BCUT2D eigenvalue weighted by Gasteiger charge is 2.18. The topological polar surface area (TPSA) is 36.9 Å². The van der Waals surface area contributed by atoms with Crippen molar-refractivity contribution in [3.63, 3.8) is 0 Å². The van der Waals surface area contributed by atoms with Crippen molar-refractivity contribution in [3.8, 4) is 5.75 Å². The first kappa shape index (κ1) is 15.2. The zero-order valence-corrected chi connectivity index (χ0v) is 13.4. The molecular formula is C15H23N3OS. The first-order chi connectivity index (χ1) is 9.60. The molecule has 0 aliphatic carbocycles. The Labute approximate surface area is 125 Å². The maximum Gasteiger partial charge on any atom is 0.156 e. The van der Waals surface area contributed by atoms with Crippen LogP contribution in [0.5, 0.6) is 5.75 Å². The minimum atomic E-state index is 0.260. The van der Waals surface area contributed by atoms with E-state index in [9.17, 15) is 0 Å². The molecule has 1 aromatic carbocycles. The van der Waals surface area contributed by atoms with E-state index < -0.39 is 0 Å². The SMILES string of the molecule is COc1cccc(C(CN=C2NC(C)CS2)N(C)C)c1. The normalized spacial score (nSPS) is 22.1. The second-order valence-electron chi connectivity index (χ2n) is 5.26. The van der Waals surface area contributed by atoms with Gasteiger partial charge in [0.05, 0.1) is 19.7 Å². The van der Waals surface area contributed by atoms with Crippen LogP contribution in [0.3, 0.4) is 0 Å². The van der Waals surface area contributed by atoms with E-state index in [1.54, 1.807) is 18.9 Å². The summed E-state index contributed by atoms with van der Waals surface area (Å²) in [6, 6.07) is 9.00. The molecule has 0 saturated carbocycles. The predicted octanol–water partition coefficient (Wildman–Crippen LogP) is 2.38. The Bertz CT molecular complexity index is 476. The first-order valence-corrected chi connectivity index (χ1v) is 7.83. The lowest BCUT2D eigenvalue weighted by Crippen LogP contribution is -2.26. The fourth-order valence-electron chi connectivity index (χ4n) is 2.17. The van der Waals surface area contributed by atoms with Gasteiger partial charge in [0, 0.05) is 11.8 Å². The summed E-state index contributed by atoms with van der Waals surface area (Å²) in [4.78, 5) is 6.91. The maximum absolute atomic E-state index is 5.31. The molecule has 4 nitrogen and oxygen atoms in total. The van der Waals surface area contributed by atoms with Crippen LogP contribution in [0.15, 0.2) is 29.3 Å². The van der Waals surface area contributed by atoms with Crippen LogP contribution in [-0.2, 0) is 0 Å². The summed E-state index contributed by atoms with van der Waals surface area (Å²) < 4.78 is 5.31. The molecule has 1 aliphatic rings. The fourth-order valence-corrected chi connectivity index (χ4v) is 3.12. The molecule has 2 unspecified atom stereocenters. The van der Waals surface area contributed by atoms with Gasteiger partial charge in [-0.3, -0.25) is 4.99 Å². The summed E-state index contributed by atoms with van der Waals surface area (Å²) >= 11 is 1.80. The minimum Gasteiger partial charge on any atom is -0.497 e. The lowest BCUT2D eigenvalue weighted by molar-refractivity contribution is 0.305. The fraction of sp³-hybridized carbons (Fsp3) is 0.533. The molecule has 1 N–H and O–H groups in total. The van der Waals surface area contributed by atoms with E-state index in [1.165, 1.54) is 5.56 Å². The molecule has 2 rings (SSSR count). The molecule has 110 valence electrons. The second kappa shape index (κ2) is 6.99. The first-order valence-electron chi connectivity index (χ1n) is 6.84. The van der Waals surface area contributed by atoms with Crippen molar-refractivity contribution in [2.45, 2.75) is 19.0 Å². The number of methoxy groups -OCH3 is 1. The van der Waals surface area contributed by atoms with Crippen molar-refractivity contribution < 1.29 is 4.74 Å². The molecule has 1 heterocycles. The van der Waals surface area contributed by atoms with Gasteiger partial charge < -0.3 is 15.0 Å². The summed E-state index contributed by atoms with van der Waals surface area (Å²) in [5.41, 5.74) is 1.23. The number of hydrogen-bond acceptors (Lipinski definition) is 4. The molecule has 2 atom stereocenters. The summed E-state index contributed by atoms with van der Waals surface area (Å²) in [5.74, 6) is 1.99. The van der Waals surface area contributed by atoms with Crippen molar-refractivity contribution in [2.75, 3.05) is 33.5 Å². The number of nitrogens with one attached hydrogen (secondary N) is 1. The quantitative estimate of drug-likeness (QED) is 0.904. The Hall–Kier alpha value is -1.20. The average Bonchev–Trinajstić information content (AvgIpc) is 2.84. The van der Waals surface area contributed by atoms with E-state index in [0.29, 0.717) is 6.04 Å². The van der Waals surface area contributed by atoms with Gasteiger partial charge in [0.2, 0.25) is 0 Å². The van der Waals surface area contributed by atoms with Crippen LogP contribution in [0.2, 0.25) is 0 Å². The van der Waals surface area contributed by atoms with Gasteiger partial charge in [0.25, 0.3) is 0 Å². The molecule has 5 heteroatoms. The number of ether oxygens (including phenoxy) is 1. The van der Waals surface area contributed by atoms with Crippen LogP contribution in [0.4, 0.5) is 0 Å². The van der Waals surface area contributed by atoms with Crippen molar-refractivity contribution in [2.24, 2.45) is 4.99 Å². The summed E-state index contributed by atoms with van der Waals surface area (Å²) in [6.07, 6.45) is 0. The summed E-state index contributed by atoms with van der Waals surface area (Å²) in [6.45, 7) is 2.93. The van der Waals surface area contributed by atoms with Crippen molar-refractivity contribution in [1.82, 2.24) is 10.2 Å². The Balaban J connectivity index is 2.10. The monoisotopic (exact) mass is 293 g/mol.